The standard InChI is InChI=1S/C19H21FN2/c1-2-14-7-8-16(17(20)13-14)15-9-11-22(12-10-15)19-6-4-3-5-18(19)21/h2-8,13,15H,1,9-12,21H2. The number of benzene rings is 2. The number of piperidine rings is 1. The minimum absolute atomic E-state index is 0.116. The lowest BCUT2D eigenvalue weighted by atomic mass is 9.88. The maximum absolute atomic E-state index is 14.2. The second-order valence-electron chi connectivity index (χ2n) is 5.81. The summed E-state index contributed by atoms with van der Waals surface area (Å²) in [5.74, 6) is 0.162. The van der Waals surface area contributed by atoms with Crippen molar-refractivity contribution in [1.29, 1.82) is 0 Å². The molecule has 0 saturated carbocycles. The average molecular weight is 296 g/mol. The number of nitrogen functional groups attached to an aromatic ring is 1. The monoisotopic (exact) mass is 296 g/mol. The molecule has 2 aromatic rings. The fourth-order valence-electron chi connectivity index (χ4n) is 3.21. The van der Waals surface area contributed by atoms with E-state index in [4.69, 9.17) is 5.73 Å². The molecule has 0 spiro atoms. The van der Waals surface area contributed by atoms with Crippen LogP contribution in [0.25, 0.3) is 6.08 Å². The van der Waals surface area contributed by atoms with Gasteiger partial charge in [-0.2, -0.15) is 0 Å². The molecule has 1 aliphatic rings. The minimum Gasteiger partial charge on any atom is -0.397 e. The number of nitrogens with zero attached hydrogens (tertiary/aromatic N) is 1. The zero-order chi connectivity index (χ0) is 15.5. The number of halogens is 1. The molecule has 0 unspecified atom stereocenters. The van der Waals surface area contributed by atoms with Crippen LogP contribution in [0.15, 0.2) is 49.0 Å². The summed E-state index contributed by atoms with van der Waals surface area (Å²) < 4.78 is 14.2. The van der Waals surface area contributed by atoms with Gasteiger partial charge in [-0.1, -0.05) is 36.9 Å². The first kappa shape index (κ1) is 14.6. The third kappa shape index (κ3) is 2.84. The van der Waals surface area contributed by atoms with Crippen molar-refractivity contribution >= 4 is 17.5 Å². The summed E-state index contributed by atoms with van der Waals surface area (Å²) in [6, 6.07) is 13.3. The number of nitrogens with two attached hydrogens (primary N) is 1. The quantitative estimate of drug-likeness (QED) is 0.849. The van der Waals surface area contributed by atoms with E-state index in [9.17, 15) is 4.39 Å². The molecule has 22 heavy (non-hydrogen) atoms. The maximum atomic E-state index is 14.2. The highest BCUT2D eigenvalue weighted by molar-refractivity contribution is 5.67. The Labute approximate surface area is 131 Å². The van der Waals surface area contributed by atoms with Crippen molar-refractivity contribution in [3.63, 3.8) is 0 Å². The summed E-state index contributed by atoms with van der Waals surface area (Å²) >= 11 is 0. The average Bonchev–Trinajstić information content (AvgIpc) is 2.55. The molecule has 1 saturated heterocycles. The van der Waals surface area contributed by atoms with Gasteiger partial charge in [0.05, 0.1) is 11.4 Å². The summed E-state index contributed by atoms with van der Waals surface area (Å²) in [6.07, 6.45) is 3.56. The second-order valence-corrected chi connectivity index (χ2v) is 5.81. The summed E-state index contributed by atoms with van der Waals surface area (Å²) in [5.41, 5.74) is 9.59. The largest absolute Gasteiger partial charge is 0.397 e. The Morgan fingerprint density at radius 2 is 1.86 bits per heavy atom. The lowest BCUT2D eigenvalue weighted by Crippen LogP contribution is -2.33. The zero-order valence-electron chi connectivity index (χ0n) is 12.6. The Bertz CT molecular complexity index is 673. The van der Waals surface area contributed by atoms with E-state index in [1.165, 1.54) is 0 Å². The molecule has 2 N–H and O–H groups in total. The van der Waals surface area contributed by atoms with Gasteiger partial charge in [-0.15, -0.1) is 0 Å². The topological polar surface area (TPSA) is 29.3 Å². The Hall–Kier alpha value is -2.29. The summed E-state index contributed by atoms with van der Waals surface area (Å²) in [5, 5.41) is 0. The number of rotatable bonds is 3. The van der Waals surface area contributed by atoms with Crippen LogP contribution in [-0.4, -0.2) is 13.1 Å². The van der Waals surface area contributed by atoms with Gasteiger partial charge in [-0.05, 0) is 48.1 Å². The Balaban J connectivity index is 1.72. The Kier molecular flexibility index (Phi) is 4.14. The van der Waals surface area contributed by atoms with E-state index in [0.717, 1.165) is 48.4 Å². The van der Waals surface area contributed by atoms with Crippen LogP contribution in [0.4, 0.5) is 15.8 Å². The molecule has 2 nitrogen and oxygen atoms in total. The van der Waals surface area contributed by atoms with Gasteiger partial charge < -0.3 is 10.6 Å². The van der Waals surface area contributed by atoms with Crippen molar-refractivity contribution in [3.05, 3.63) is 66.0 Å². The van der Waals surface area contributed by atoms with Crippen molar-refractivity contribution in [3.8, 4) is 0 Å². The summed E-state index contributed by atoms with van der Waals surface area (Å²) in [6.45, 7) is 5.49. The lowest BCUT2D eigenvalue weighted by Gasteiger charge is -2.34. The fourth-order valence-corrected chi connectivity index (χ4v) is 3.21. The molecule has 3 rings (SSSR count). The lowest BCUT2D eigenvalue weighted by molar-refractivity contribution is 0.482. The molecule has 0 bridgehead atoms. The van der Waals surface area contributed by atoms with Gasteiger partial charge in [-0.25, -0.2) is 4.39 Å². The van der Waals surface area contributed by atoms with E-state index >= 15 is 0 Å². The first-order valence-corrected chi connectivity index (χ1v) is 7.70. The minimum atomic E-state index is -0.116. The van der Waals surface area contributed by atoms with Gasteiger partial charge in [0.25, 0.3) is 0 Å². The summed E-state index contributed by atoms with van der Waals surface area (Å²) in [7, 11) is 0. The van der Waals surface area contributed by atoms with Crippen LogP contribution in [0, 0.1) is 5.82 Å². The van der Waals surface area contributed by atoms with Crippen LogP contribution in [0.1, 0.15) is 29.9 Å². The molecule has 114 valence electrons. The van der Waals surface area contributed by atoms with Crippen LogP contribution in [0.5, 0.6) is 0 Å². The van der Waals surface area contributed by atoms with Crippen LogP contribution in [0.3, 0.4) is 0 Å². The molecule has 0 aliphatic carbocycles. The van der Waals surface area contributed by atoms with Gasteiger partial charge >= 0.3 is 0 Å². The predicted octanol–water partition coefficient (Wildman–Crippen LogP) is 4.43. The molecule has 1 fully saturated rings. The molecule has 0 amide bonds. The highest BCUT2D eigenvalue weighted by Gasteiger charge is 2.23. The molecule has 3 heteroatoms. The predicted molar refractivity (Wildman–Crippen MR) is 91.5 cm³/mol. The number of anilines is 2. The SMILES string of the molecule is C=Cc1ccc(C2CCN(c3ccccc3N)CC2)c(F)c1. The van der Waals surface area contributed by atoms with Gasteiger partial charge in [0.1, 0.15) is 5.82 Å². The smallest absolute Gasteiger partial charge is 0.127 e. The molecule has 0 radical (unpaired) electrons. The van der Waals surface area contributed by atoms with Crippen molar-refractivity contribution in [2.24, 2.45) is 0 Å². The van der Waals surface area contributed by atoms with Crippen molar-refractivity contribution in [2.75, 3.05) is 23.7 Å². The van der Waals surface area contributed by atoms with E-state index in [1.54, 1.807) is 12.1 Å². The number of hydrogen-bond donors (Lipinski definition) is 1. The van der Waals surface area contributed by atoms with E-state index in [2.05, 4.69) is 17.5 Å². The molecule has 0 aromatic heterocycles. The highest BCUT2D eigenvalue weighted by atomic mass is 19.1. The molecule has 0 atom stereocenters. The fraction of sp³-hybridized carbons (Fsp3) is 0.263. The highest BCUT2D eigenvalue weighted by Crippen LogP contribution is 2.33. The van der Waals surface area contributed by atoms with Crippen molar-refractivity contribution in [1.82, 2.24) is 0 Å². The first-order chi connectivity index (χ1) is 10.7. The van der Waals surface area contributed by atoms with E-state index in [0.29, 0.717) is 0 Å². The van der Waals surface area contributed by atoms with E-state index < -0.39 is 0 Å². The van der Waals surface area contributed by atoms with Crippen LogP contribution in [0.2, 0.25) is 0 Å². The van der Waals surface area contributed by atoms with Gasteiger partial charge in [0.15, 0.2) is 0 Å². The number of hydrogen-bond acceptors (Lipinski definition) is 2. The molecule has 2 aromatic carbocycles. The molecular weight excluding hydrogens is 275 g/mol. The van der Waals surface area contributed by atoms with Crippen LogP contribution in [-0.2, 0) is 0 Å². The Morgan fingerprint density at radius 1 is 1.14 bits per heavy atom. The van der Waals surface area contributed by atoms with Crippen LogP contribution >= 0.6 is 0 Å². The van der Waals surface area contributed by atoms with Crippen molar-refractivity contribution < 1.29 is 4.39 Å². The normalized spacial score (nSPS) is 15.8. The molecule has 1 aliphatic heterocycles. The first-order valence-electron chi connectivity index (χ1n) is 7.70. The van der Waals surface area contributed by atoms with Crippen molar-refractivity contribution in [2.45, 2.75) is 18.8 Å². The van der Waals surface area contributed by atoms with E-state index in [1.807, 2.05) is 30.3 Å². The molecule has 1 heterocycles. The number of para-hydroxylation sites is 2. The van der Waals surface area contributed by atoms with Crippen LogP contribution < -0.4 is 10.6 Å². The van der Waals surface area contributed by atoms with Gasteiger partial charge in [0.2, 0.25) is 0 Å². The summed E-state index contributed by atoms with van der Waals surface area (Å²) in [4.78, 5) is 2.29. The third-order valence-corrected chi connectivity index (χ3v) is 4.47. The third-order valence-electron chi connectivity index (χ3n) is 4.47. The zero-order valence-corrected chi connectivity index (χ0v) is 12.6. The maximum Gasteiger partial charge on any atom is 0.127 e. The van der Waals surface area contributed by atoms with Gasteiger partial charge in [0, 0.05) is 13.1 Å². The Morgan fingerprint density at radius 3 is 2.50 bits per heavy atom. The van der Waals surface area contributed by atoms with E-state index in [-0.39, 0.29) is 11.7 Å². The second kappa shape index (κ2) is 6.22. The molecular formula is C19H21FN2. The van der Waals surface area contributed by atoms with Gasteiger partial charge in [-0.3, -0.25) is 0 Å².